The van der Waals surface area contributed by atoms with Crippen molar-refractivity contribution in [2.45, 2.75) is 11.8 Å². The van der Waals surface area contributed by atoms with Crippen LogP contribution < -0.4 is 11.1 Å². The zero-order valence-corrected chi connectivity index (χ0v) is 10.7. The lowest BCUT2D eigenvalue weighted by atomic mass is 10.3. The molecule has 1 aromatic carbocycles. The summed E-state index contributed by atoms with van der Waals surface area (Å²) in [4.78, 5) is 5.60. The molecule has 0 radical (unpaired) electrons. The zero-order chi connectivity index (χ0) is 12.3. The Labute approximate surface area is 105 Å². The lowest BCUT2D eigenvalue weighted by molar-refractivity contribution is 1.20. The molecule has 3 nitrogen and oxygen atoms in total. The number of pyridine rings is 1. The van der Waals surface area contributed by atoms with Crippen LogP contribution in [0.15, 0.2) is 41.3 Å². The van der Waals surface area contributed by atoms with Gasteiger partial charge in [0, 0.05) is 4.90 Å². The summed E-state index contributed by atoms with van der Waals surface area (Å²) in [6, 6.07) is 11.9. The standard InChI is InChI=1S/C13H15N3S/c1-9-10(14)7-8-13(15-9)16-11-5-3-4-6-12(11)17-2/h3-8H,14H2,1-2H3,(H,15,16). The first-order chi connectivity index (χ1) is 8.20. The van der Waals surface area contributed by atoms with Gasteiger partial charge in [-0.1, -0.05) is 12.1 Å². The molecule has 3 N–H and O–H groups in total. The van der Waals surface area contributed by atoms with Gasteiger partial charge in [-0.25, -0.2) is 4.98 Å². The van der Waals surface area contributed by atoms with E-state index in [9.17, 15) is 0 Å². The molecule has 0 aliphatic heterocycles. The molecule has 1 heterocycles. The van der Waals surface area contributed by atoms with E-state index in [1.54, 1.807) is 11.8 Å². The van der Waals surface area contributed by atoms with Gasteiger partial charge in [-0.15, -0.1) is 11.8 Å². The second-order valence-electron chi connectivity index (χ2n) is 3.70. The van der Waals surface area contributed by atoms with E-state index < -0.39 is 0 Å². The van der Waals surface area contributed by atoms with Gasteiger partial charge >= 0.3 is 0 Å². The number of thioether (sulfide) groups is 1. The molecule has 17 heavy (non-hydrogen) atoms. The Hall–Kier alpha value is -1.68. The van der Waals surface area contributed by atoms with Crippen molar-refractivity contribution >= 4 is 29.0 Å². The predicted molar refractivity (Wildman–Crippen MR) is 74.9 cm³/mol. The van der Waals surface area contributed by atoms with E-state index in [4.69, 9.17) is 5.73 Å². The van der Waals surface area contributed by atoms with Crippen LogP contribution in [-0.4, -0.2) is 11.2 Å². The van der Waals surface area contributed by atoms with E-state index in [2.05, 4.69) is 22.6 Å². The van der Waals surface area contributed by atoms with Crippen LogP contribution in [0.3, 0.4) is 0 Å². The molecule has 1 aromatic heterocycles. The topological polar surface area (TPSA) is 50.9 Å². The number of nitrogens with one attached hydrogen (secondary N) is 1. The molecular weight excluding hydrogens is 230 g/mol. The van der Waals surface area contributed by atoms with Gasteiger partial charge in [-0.2, -0.15) is 0 Å². The molecule has 0 saturated heterocycles. The summed E-state index contributed by atoms with van der Waals surface area (Å²) in [7, 11) is 0. The summed E-state index contributed by atoms with van der Waals surface area (Å²) < 4.78 is 0. The highest BCUT2D eigenvalue weighted by molar-refractivity contribution is 7.98. The molecule has 0 aliphatic rings. The number of rotatable bonds is 3. The lowest BCUT2D eigenvalue weighted by Gasteiger charge is -2.10. The predicted octanol–water partition coefficient (Wildman–Crippen LogP) is 3.44. The first-order valence-electron chi connectivity index (χ1n) is 5.34. The molecule has 0 fully saturated rings. The van der Waals surface area contributed by atoms with Crippen molar-refractivity contribution in [2.24, 2.45) is 0 Å². The second-order valence-corrected chi connectivity index (χ2v) is 4.54. The Kier molecular flexibility index (Phi) is 3.54. The fourth-order valence-corrected chi connectivity index (χ4v) is 2.08. The van der Waals surface area contributed by atoms with Crippen LogP contribution in [0.2, 0.25) is 0 Å². The lowest BCUT2D eigenvalue weighted by Crippen LogP contribution is -1.98. The van der Waals surface area contributed by atoms with Crippen molar-refractivity contribution in [3.8, 4) is 0 Å². The summed E-state index contributed by atoms with van der Waals surface area (Å²) >= 11 is 1.71. The number of nitrogens with zero attached hydrogens (tertiary/aromatic N) is 1. The first-order valence-corrected chi connectivity index (χ1v) is 6.56. The quantitative estimate of drug-likeness (QED) is 0.813. The average Bonchev–Trinajstić information content (AvgIpc) is 2.34. The number of aryl methyl sites for hydroxylation is 1. The molecule has 4 heteroatoms. The number of anilines is 3. The van der Waals surface area contributed by atoms with Crippen molar-refractivity contribution in [1.82, 2.24) is 4.98 Å². The van der Waals surface area contributed by atoms with E-state index in [0.29, 0.717) is 5.69 Å². The number of aromatic nitrogens is 1. The molecule has 0 saturated carbocycles. The van der Waals surface area contributed by atoms with Crippen LogP contribution in [0.5, 0.6) is 0 Å². The smallest absolute Gasteiger partial charge is 0.130 e. The van der Waals surface area contributed by atoms with Crippen LogP contribution in [0.4, 0.5) is 17.2 Å². The molecule has 2 rings (SSSR count). The third kappa shape index (κ3) is 2.71. The fourth-order valence-electron chi connectivity index (χ4n) is 1.53. The van der Waals surface area contributed by atoms with Gasteiger partial charge in [-0.3, -0.25) is 0 Å². The van der Waals surface area contributed by atoms with Gasteiger partial charge in [0.15, 0.2) is 0 Å². The number of hydrogen-bond donors (Lipinski definition) is 2. The van der Waals surface area contributed by atoms with Crippen LogP contribution >= 0.6 is 11.8 Å². The second kappa shape index (κ2) is 5.10. The maximum Gasteiger partial charge on any atom is 0.130 e. The van der Waals surface area contributed by atoms with Crippen molar-refractivity contribution < 1.29 is 0 Å². The Balaban J connectivity index is 2.28. The highest BCUT2D eigenvalue weighted by Crippen LogP contribution is 2.27. The molecule has 88 valence electrons. The van der Waals surface area contributed by atoms with Crippen molar-refractivity contribution in [3.05, 3.63) is 42.1 Å². The minimum absolute atomic E-state index is 0.716. The van der Waals surface area contributed by atoms with Crippen LogP contribution in [0, 0.1) is 6.92 Å². The molecule has 0 bridgehead atoms. The van der Waals surface area contributed by atoms with Gasteiger partial charge in [0.05, 0.1) is 17.1 Å². The van der Waals surface area contributed by atoms with Crippen molar-refractivity contribution in [1.29, 1.82) is 0 Å². The number of para-hydroxylation sites is 1. The van der Waals surface area contributed by atoms with Crippen LogP contribution in [-0.2, 0) is 0 Å². The van der Waals surface area contributed by atoms with E-state index in [1.807, 2.05) is 37.3 Å². The summed E-state index contributed by atoms with van der Waals surface area (Å²) in [6.07, 6.45) is 2.06. The molecule has 0 unspecified atom stereocenters. The minimum atomic E-state index is 0.716. The summed E-state index contributed by atoms with van der Waals surface area (Å²) in [5.74, 6) is 0.818. The molecule has 0 amide bonds. The van der Waals surface area contributed by atoms with Gasteiger partial charge in [0.2, 0.25) is 0 Å². The van der Waals surface area contributed by atoms with Crippen LogP contribution in [0.1, 0.15) is 5.69 Å². The van der Waals surface area contributed by atoms with Crippen molar-refractivity contribution in [2.75, 3.05) is 17.3 Å². The largest absolute Gasteiger partial charge is 0.397 e. The van der Waals surface area contributed by atoms with Gasteiger partial charge in [0.1, 0.15) is 5.82 Å². The highest BCUT2D eigenvalue weighted by Gasteiger charge is 2.02. The number of nitrogens with two attached hydrogens (primary N) is 1. The first kappa shape index (κ1) is 11.8. The summed E-state index contributed by atoms with van der Waals surface area (Å²) in [5.41, 5.74) is 8.37. The van der Waals surface area contributed by atoms with Crippen molar-refractivity contribution in [3.63, 3.8) is 0 Å². The Morgan fingerprint density at radius 3 is 2.65 bits per heavy atom. The minimum Gasteiger partial charge on any atom is -0.397 e. The van der Waals surface area contributed by atoms with E-state index in [1.165, 1.54) is 4.90 Å². The van der Waals surface area contributed by atoms with E-state index in [0.717, 1.165) is 17.2 Å². The Morgan fingerprint density at radius 2 is 1.94 bits per heavy atom. The highest BCUT2D eigenvalue weighted by atomic mass is 32.2. The van der Waals surface area contributed by atoms with E-state index in [-0.39, 0.29) is 0 Å². The maximum atomic E-state index is 5.74. The Morgan fingerprint density at radius 1 is 1.18 bits per heavy atom. The Bertz CT molecular complexity index is 526. The average molecular weight is 245 g/mol. The molecular formula is C13H15N3S. The van der Waals surface area contributed by atoms with Gasteiger partial charge < -0.3 is 11.1 Å². The summed E-state index contributed by atoms with van der Waals surface area (Å²) in [5, 5.41) is 3.30. The third-order valence-corrected chi connectivity index (χ3v) is 3.29. The number of hydrogen-bond acceptors (Lipinski definition) is 4. The van der Waals surface area contributed by atoms with Gasteiger partial charge in [-0.05, 0) is 37.4 Å². The molecule has 0 aliphatic carbocycles. The van der Waals surface area contributed by atoms with E-state index >= 15 is 0 Å². The number of nitrogen functional groups attached to an aromatic ring is 1. The SMILES string of the molecule is CSc1ccccc1Nc1ccc(N)c(C)n1. The zero-order valence-electron chi connectivity index (χ0n) is 9.90. The molecule has 2 aromatic rings. The molecule has 0 spiro atoms. The monoisotopic (exact) mass is 245 g/mol. The molecule has 0 atom stereocenters. The number of benzene rings is 1. The fraction of sp³-hybridized carbons (Fsp3) is 0.154. The normalized spacial score (nSPS) is 10.2. The third-order valence-electron chi connectivity index (χ3n) is 2.50. The maximum absolute atomic E-state index is 5.74. The summed E-state index contributed by atoms with van der Waals surface area (Å²) in [6.45, 7) is 1.90. The van der Waals surface area contributed by atoms with Gasteiger partial charge in [0.25, 0.3) is 0 Å². The van der Waals surface area contributed by atoms with Crippen LogP contribution in [0.25, 0.3) is 0 Å².